The number of nitrogens with zero attached hydrogens (tertiary/aromatic N) is 2. The molecule has 0 aromatic heterocycles. The summed E-state index contributed by atoms with van der Waals surface area (Å²) in [6.07, 6.45) is 8.41. The summed E-state index contributed by atoms with van der Waals surface area (Å²) in [7, 11) is -3.01. The summed E-state index contributed by atoms with van der Waals surface area (Å²) in [6.45, 7) is 8.27. The first-order valence-electron chi connectivity index (χ1n) is 8.79. The highest BCUT2D eigenvalue weighted by molar-refractivity contribution is 7.92. The summed E-state index contributed by atoms with van der Waals surface area (Å²) in [4.78, 5) is 6.84. The van der Waals surface area contributed by atoms with E-state index in [4.69, 9.17) is 4.99 Å². The topological polar surface area (TPSA) is 61.8 Å². The lowest BCUT2D eigenvalue weighted by molar-refractivity contribution is 0.353. The van der Waals surface area contributed by atoms with Crippen LogP contribution >= 0.6 is 0 Å². The molecule has 23 heavy (non-hydrogen) atoms. The number of allylic oxidation sites excluding steroid dienone is 1. The van der Waals surface area contributed by atoms with E-state index in [9.17, 15) is 8.42 Å². The molecule has 1 fully saturated rings. The predicted octanol–water partition coefficient (Wildman–Crippen LogP) is 2.35. The molecular formula is C17H31N3O2S. The second-order valence-electron chi connectivity index (χ2n) is 7.09. The van der Waals surface area contributed by atoms with Gasteiger partial charge in [-0.2, -0.15) is 0 Å². The van der Waals surface area contributed by atoms with Crippen molar-refractivity contribution >= 4 is 15.8 Å². The van der Waals surface area contributed by atoms with Crippen molar-refractivity contribution in [2.45, 2.75) is 57.6 Å². The zero-order valence-corrected chi connectivity index (χ0v) is 15.6. The molecule has 1 aliphatic carbocycles. The van der Waals surface area contributed by atoms with Crippen LogP contribution < -0.4 is 5.32 Å². The molecule has 0 unspecified atom stereocenters. The van der Waals surface area contributed by atoms with Gasteiger partial charge in [-0.15, -0.1) is 0 Å². The Morgan fingerprint density at radius 3 is 2.78 bits per heavy atom. The van der Waals surface area contributed by atoms with Crippen molar-refractivity contribution in [3.05, 3.63) is 11.6 Å². The van der Waals surface area contributed by atoms with Gasteiger partial charge in [-0.25, -0.2) is 8.42 Å². The normalized spacial score (nSPS) is 24.2. The molecule has 0 radical (unpaired) electrons. The molecule has 6 heteroatoms. The Labute approximate surface area is 141 Å². The lowest BCUT2D eigenvalue weighted by Gasteiger charge is -2.39. The maximum absolute atomic E-state index is 12.2. The van der Waals surface area contributed by atoms with E-state index in [1.807, 2.05) is 20.8 Å². The molecule has 1 saturated heterocycles. The number of hydrogen-bond acceptors (Lipinski definition) is 3. The first-order valence-corrected chi connectivity index (χ1v) is 10.4. The standard InChI is InChI=1S/C17H31N3O2S/c1-4-18-16(19-11-10-15-8-6-5-7-9-15)20-12-13-23(21,22)17(2,3)14-20/h8H,4-7,9-14H2,1-3H3,(H,18,19). The molecule has 5 nitrogen and oxygen atoms in total. The van der Waals surface area contributed by atoms with E-state index in [0.717, 1.165) is 25.5 Å². The van der Waals surface area contributed by atoms with E-state index in [1.165, 1.54) is 31.3 Å². The molecule has 0 saturated carbocycles. The monoisotopic (exact) mass is 341 g/mol. The second-order valence-corrected chi connectivity index (χ2v) is 9.84. The maximum atomic E-state index is 12.2. The first-order chi connectivity index (χ1) is 10.9. The fourth-order valence-corrected chi connectivity index (χ4v) is 4.55. The van der Waals surface area contributed by atoms with Gasteiger partial charge in [0.25, 0.3) is 0 Å². The number of sulfone groups is 1. The van der Waals surface area contributed by atoms with Crippen LogP contribution in [0.4, 0.5) is 0 Å². The minimum atomic E-state index is -3.01. The average molecular weight is 342 g/mol. The number of guanidine groups is 1. The van der Waals surface area contributed by atoms with Gasteiger partial charge in [0, 0.05) is 26.2 Å². The van der Waals surface area contributed by atoms with Gasteiger partial charge in [0.15, 0.2) is 15.8 Å². The zero-order valence-electron chi connectivity index (χ0n) is 14.8. The van der Waals surface area contributed by atoms with Crippen LogP contribution in [0.5, 0.6) is 0 Å². The van der Waals surface area contributed by atoms with E-state index in [-0.39, 0.29) is 5.75 Å². The molecule has 0 spiro atoms. The highest BCUT2D eigenvalue weighted by Gasteiger charge is 2.40. The quantitative estimate of drug-likeness (QED) is 0.484. The Kier molecular flexibility index (Phi) is 6.12. The number of rotatable bonds is 4. The van der Waals surface area contributed by atoms with E-state index in [2.05, 4.69) is 16.3 Å². The Bertz CT molecular complexity index is 564. The van der Waals surface area contributed by atoms with Crippen molar-refractivity contribution in [2.24, 2.45) is 4.99 Å². The Morgan fingerprint density at radius 1 is 1.39 bits per heavy atom. The van der Waals surface area contributed by atoms with Crippen molar-refractivity contribution in [1.82, 2.24) is 10.2 Å². The van der Waals surface area contributed by atoms with Crippen molar-refractivity contribution in [3.63, 3.8) is 0 Å². The summed E-state index contributed by atoms with van der Waals surface area (Å²) in [5.41, 5.74) is 1.53. The molecule has 1 N–H and O–H groups in total. The molecule has 1 heterocycles. The van der Waals surface area contributed by atoms with Gasteiger partial charge in [0.2, 0.25) is 0 Å². The summed E-state index contributed by atoms with van der Waals surface area (Å²) < 4.78 is 23.6. The molecule has 0 atom stereocenters. The van der Waals surface area contributed by atoms with Gasteiger partial charge in [0.1, 0.15) is 0 Å². The van der Waals surface area contributed by atoms with Crippen molar-refractivity contribution in [3.8, 4) is 0 Å². The largest absolute Gasteiger partial charge is 0.357 e. The molecule has 0 aromatic carbocycles. The molecule has 0 amide bonds. The van der Waals surface area contributed by atoms with Gasteiger partial charge < -0.3 is 10.2 Å². The minimum Gasteiger partial charge on any atom is -0.357 e. The predicted molar refractivity (Wildman–Crippen MR) is 96.6 cm³/mol. The summed E-state index contributed by atoms with van der Waals surface area (Å²) in [6, 6.07) is 0. The van der Waals surface area contributed by atoms with Gasteiger partial charge in [-0.3, -0.25) is 4.99 Å². The number of hydrogen-bond donors (Lipinski definition) is 1. The zero-order chi connectivity index (χ0) is 16.9. The van der Waals surface area contributed by atoms with Crippen LogP contribution in [0.2, 0.25) is 0 Å². The van der Waals surface area contributed by atoms with Gasteiger partial charge in [0.05, 0.1) is 10.5 Å². The number of aliphatic imine (C=N–C) groups is 1. The van der Waals surface area contributed by atoms with Crippen LogP contribution in [0.1, 0.15) is 52.9 Å². The summed E-state index contributed by atoms with van der Waals surface area (Å²) in [5.74, 6) is 1.06. The fourth-order valence-electron chi connectivity index (χ4n) is 3.19. The summed E-state index contributed by atoms with van der Waals surface area (Å²) >= 11 is 0. The van der Waals surface area contributed by atoms with Crippen molar-refractivity contribution in [1.29, 1.82) is 0 Å². The summed E-state index contributed by atoms with van der Waals surface area (Å²) in [5, 5.41) is 3.32. The van der Waals surface area contributed by atoms with Gasteiger partial charge >= 0.3 is 0 Å². The van der Waals surface area contributed by atoms with Crippen LogP contribution in [0.3, 0.4) is 0 Å². The Morgan fingerprint density at radius 2 is 2.17 bits per heavy atom. The molecule has 0 aromatic rings. The highest BCUT2D eigenvalue weighted by atomic mass is 32.2. The third kappa shape index (κ3) is 4.72. The van der Waals surface area contributed by atoms with Crippen LogP contribution in [0, 0.1) is 0 Å². The first kappa shape index (κ1) is 18.3. The Balaban J connectivity index is 2.00. The Hall–Kier alpha value is -1.04. The molecule has 0 bridgehead atoms. The molecule has 132 valence electrons. The van der Waals surface area contributed by atoms with Crippen molar-refractivity contribution in [2.75, 3.05) is 31.9 Å². The van der Waals surface area contributed by atoms with Crippen LogP contribution in [0.25, 0.3) is 0 Å². The van der Waals surface area contributed by atoms with Crippen LogP contribution in [0.15, 0.2) is 16.6 Å². The van der Waals surface area contributed by atoms with E-state index in [1.54, 1.807) is 0 Å². The minimum absolute atomic E-state index is 0.204. The van der Waals surface area contributed by atoms with Crippen molar-refractivity contribution < 1.29 is 8.42 Å². The third-order valence-electron chi connectivity index (χ3n) is 4.76. The highest BCUT2D eigenvalue weighted by Crippen LogP contribution is 2.24. The fraction of sp³-hybridized carbons (Fsp3) is 0.824. The molecule has 2 aliphatic rings. The van der Waals surface area contributed by atoms with Gasteiger partial charge in [-0.05, 0) is 52.9 Å². The average Bonchev–Trinajstić information content (AvgIpc) is 2.50. The molecule has 1 aliphatic heterocycles. The maximum Gasteiger partial charge on any atom is 0.194 e. The van der Waals surface area contributed by atoms with Crippen LogP contribution in [-0.2, 0) is 9.84 Å². The lowest BCUT2D eigenvalue weighted by Crippen LogP contribution is -2.57. The van der Waals surface area contributed by atoms with Crippen LogP contribution in [-0.4, -0.2) is 56.0 Å². The van der Waals surface area contributed by atoms with E-state index >= 15 is 0 Å². The van der Waals surface area contributed by atoms with E-state index in [0.29, 0.717) is 13.1 Å². The smallest absolute Gasteiger partial charge is 0.194 e. The molecular weight excluding hydrogens is 310 g/mol. The SMILES string of the molecule is CCNC(=NCCC1=CCCCC1)N1CCS(=O)(=O)C(C)(C)C1. The second kappa shape index (κ2) is 7.69. The third-order valence-corrected chi connectivity index (χ3v) is 7.29. The van der Waals surface area contributed by atoms with Gasteiger partial charge in [-0.1, -0.05) is 11.6 Å². The molecule has 2 rings (SSSR count). The lowest BCUT2D eigenvalue weighted by atomic mass is 9.97. The number of nitrogens with one attached hydrogen (secondary N) is 1. The van der Waals surface area contributed by atoms with E-state index < -0.39 is 14.6 Å².